The molecule has 136 valence electrons. The van der Waals surface area contributed by atoms with Gasteiger partial charge >= 0.3 is 0 Å². The molecule has 0 saturated carbocycles. The molecule has 1 saturated heterocycles. The number of para-hydroxylation sites is 1. The fourth-order valence-electron chi connectivity index (χ4n) is 3.26. The van der Waals surface area contributed by atoms with Gasteiger partial charge in [-0.1, -0.05) is 18.2 Å². The van der Waals surface area contributed by atoms with Crippen molar-refractivity contribution in [3.8, 4) is 0 Å². The van der Waals surface area contributed by atoms with Crippen LogP contribution in [0.4, 0.5) is 0 Å². The lowest BCUT2D eigenvalue weighted by atomic mass is 10.2. The van der Waals surface area contributed by atoms with E-state index in [0.717, 1.165) is 29.0 Å². The number of hydrogen-bond donors (Lipinski definition) is 0. The second-order valence-corrected chi connectivity index (χ2v) is 9.57. The third kappa shape index (κ3) is 3.26. The Balaban J connectivity index is 1.66. The molecule has 1 aliphatic heterocycles. The number of furan rings is 1. The van der Waals surface area contributed by atoms with Gasteiger partial charge < -0.3 is 4.42 Å². The Morgan fingerprint density at radius 3 is 2.85 bits per heavy atom. The molecule has 1 aliphatic rings. The molecule has 1 fully saturated rings. The molecule has 1 aromatic carbocycles. The number of aromatic nitrogens is 1. The molecule has 7 heteroatoms. The highest BCUT2D eigenvalue weighted by atomic mass is 32.2. The maximum absolute atomic E-state index is 13.3. The molecular weight excluding hydrogens is 368 g/mol. The average molecular weight is 389 g/mol. The molecule has 26 heavy (non-hydrogen) atoms. The predicted octanol–water partition coefficient (Wildman–Crippen LogP) is 4.01. The van der Waals surface area contributed by atoms with Crippen LogP contribution in [0, 0.1) is 6.92 Å². The number of rotatable bonds is 3. The summed E-state index contributed by atoms with van der Waals surface area (Å²) in [6.07, 6.45) is 2.40. The van der Waals surface area contributed by atoms with Crippen LogP contribution in [0.2, 0.25) is 0 Å². The topological polar surface area (TPSA) is 63.4 Å². The molecule has 3 aromatic rings. The predicted molar refractivity (Wildman–Crippen MR) is 104 cm³/mol. The number of sulfonamides is 1. The normalized spacial score (nSPS) is 19.5. The third-order valence-electron chi connectivity index (χ3n) is 4.60. The van der Waals surface area contributed by atoms with Crippen molar-refractivity contribution in [2.45, 2.75) is 23.5 Å². The molecule has 1 atom stereocenters. The van der Waals surface area contributed by atoms with Gasteiger partial charge in [0.05, 0.1) is 17.0 Å². The minimum atomic E-state index is -3.59. The van der Waals surface area contributed by atoms with Crippen LogP contribution < -0.4 is 0 Å². The first-order chi connectivity index (χ1) is 12.6. The average Bonchev–Trinajstić information content (AvgIpc) is 3.05. The second-order valence-electron chi connectivity index (χ2n) is 6.35. The zero-order valence-electron chi connectivity index (χ0n) is 14.5. The van der Waals surface area contributed by atoms with Crippen LogP contribution in [0.5, 0.6) is 0 Å². The van der Waals surface area contributed by atoms with Gasteiger partial charge in [-0.05, 0) is 37.6 Å². The minimum absolute atomic E-state index is 0.193. The zero-order valence-corrected chi connectivity index (χ0v) is 16.1. The third-order valence-corrected chi connectivity index (χ3v) is 7.82. The van der Waals surface area contributed by atoms with Crippen LogP contribution in [0.3, 0.4) is 0 Å². The summed E-state index contributed by atoms with van der Waals surface area (Å²) in [7, 11) is -3.59. The lowest BCUT2D eigenvalue weighted by Gasteiger charge is -2.20. The summed E-state index contributed by atoms with van der Waals surface area (Å²) in [6.45, 7) is 2.84. The van der Waals surface area contributed by atoms with Crippen LogP contribution in [-0.2, 0) is 10.0 Å². The van der Waals surface area contributed by atoms with Gasteiger partial charge in [-0.15, -0.1) is 11.8 Å². The highest BCUT2D eigenvalue weighted by Gasteiger charge is 2.30. The standard InChI is InChI=1S/C19H20N2O3S2/c1-14-7-8-15-4-2-6-18(19(15)20-14)26(22,23)21-10-9-17(25-13-11-21)16-5-3-12-24-16/h2-8,12,17H,9-11,13H2,1H3. The maximum atomic E-state index is 13.3. The van der Waals surface area contributed by atoms with E-state index in [2.05, 4.69) is 4.98 Å². The Hall–Kier alpha value is -1.83. The highest BCUT2D eigenvalue weighted by Crippen LogP contribution is 2.36. The Morgan fingerprint density at radius 1 is 1.15 bits per heavy atom. The molecular formula is C19H20N2O3S2. The van der Waals surface area contributed by atoms with Crippen molar-refractivity contribution in [3.05, 3.63) is 60.2 Å². The molecule has 0 aliphatic carbocycles. The SMILES string of the molecule is Cc1ccc2cccc(S(=O)(=O)N3CCSC(c4ccco4)CC3)c2n1. The summed E-state index contributed by atoms with van der Waals surface area (Å²) in [6, 6.07) is 13.0. The van der Waals surface area contributed by atoms with Crippen molar-refractivity contribution in [2.75, 3.05) is 18.8 Å². The van der Waals surface area contributed by atoms with E-state index >= 15 is 0 Å². The van der Waals surface area contributed by atoms with Crippen molar-refractivity contribution < 1.29 is 12.8 Å². The van der Waals surface area contributed by atoms with Gasteiger partial charge in [-0.25, -0.2) is 8.42 Å². The quantitative estimate of drug-likeness (QED) is 0.678. The van der Waals surface area contributed by atoms with Gasteiger partial charge in [0.15, 0.2) is 0 Å². The summed E-state index contributed by atoms with van der Waals surface area (Å²) in [5.41, 5.74) is 1.36. The van der Waals surface area contributed by atoms with Gasteiger partial charge in [0.25, 0.3) is 0 Å². The lowest BCUT2D eigenvalue weighted by molar-refractivity contribution is 0.417. The first-order valence-electron chi connectivity index (χ1n) is 8.57. The maximum Gasteiger partial charge on any atom is 0.245 e. The fraction of sp³-hybridized carbons (Fsp3) is 0.316. The summed E-state index contributed by atoms with van der Waals surface area (Å²) in [5.74, 6) is 1.65. The number of thioether (sulfide) groups is 1. The Labute approximate surface area is 157 Å². The van der Waals surface area contributed by atoms with Crippen LogP contribution in [0.1, 0.15) is 23.1 Å². The Bertz CT molecular complexity index is 1020. The highest BCUT2D eigenvalue weighted by molar-refractivity contribution is 7.99. The fourth-order valence-corrected chi connectivity index (χ4v) is 6.17. The van der Waals surface area contributed by atoms with E-state index in [9.17, 15) is 8.42 Å². The van der Waals surface area contributed by atoms with Crippen molar-refractivity contribution in [2.24, 2.45) is 0 Å². The van der Waals surface area contributed by atoms with Gasteiger partial charge in [-0.2, -0.15) is 4.31 Å². The van der Waals surface area contributed by atoms with Gasteiger partial charge in [0.1, 0.15) is 10.7 Å². The number of benzene rings is 1. The first kappa shape index (κ1) is 17.6. The number of aryl methyl sites for hydroxylation is 1. The lowest BCUT2D eigenvalue weighted by Crippen LogP contribution is -2.33. The monoisotopic (exact) mass is 388 g/mol. The molecule has 4 rings (SSSR count). The van der Waals surface area contributed by atoms with E-state index in [-0.39, 0.29) is 5.25 Å². The van der Waals surface area contributed by atoms with Crippen LogP contribution in [0.15, 0.2) is 58.0 Å². The molecule has 5 nitrogen and oxygen atoms in total. The van der Waals surface area contributed by atoms with E-state index in [4.69, 9.17) is 4.42 Å². The van der Waals surface area contributed by atoms with Gasteiger partial charge in [-0.3, -0.25) is 4.98 Å². The smallest absolute Gasteiger partial charge is 0.245 e. The minimum Gasteiger partial charge on any atom is -0.468 e. The largest absolute Gasteiger partial charge is 0.468 e. The molecule has 0 radical (unpaired) electrons. The first-order valence-corrected chi connectivity index (χ1v) is 11.1. The number of hydrogen-bond acceptors (Lipinski definition) is 5. The van der Waals surface area contributed by atoms with E-state index in [1.165, 1.54) is 0 Å². The van der Waals surface area contributed by atoms with E-state index in [0.29, 0.717) is 23.5 Å². The summed E-state index contributed by atoms with van der Waals surface area (Å²) in [5, 5.41) is 1.03. The molecule has 0 bridgehead atoms. The van der Waals surface area contributed by atoms with Gasteiger partial charge in [0.2, 0.25) is 10.0 Å². The molecule has 3 heterocycles. The molecule has 0 amide bonds. The van der Waals surface area contributed by atoms with Crippen molar-refractivity contribution in [1.29, 1.82) is 0 Å². The number of pyridine rings is 1. The Kier molecular flexibility index (Phi) is 4.77. The number of fused-ring (bicyclic) bond motifs is 1. The van der Waals surface area contributed by atoms with Crippen molar-refractivity contribution >= 4 is 32.7 Å². The zero-order chi connectivity index (χ0) is 18.1. The van der Waals surface area contributed by atoms with E-state index < -0.39 is 10.0 Å². The molecule has 1 unspecified atom stereocenters. The summed E-state index contributed by atoms with van der Waals surface area (Å²) >= 11 is 1.75. The molecule has 0 spiro atoms. The van der Waals surface area contributed by atoms with Crippen LogP contribution in [-0.4, -0.2) is 36.5 Å². The van der Waals surface area contributed by atoms with Crippen molar-refractivity contribution in [1.82, 2.24) is 9.29 Å². The second kappa shape index (κ2) is 7.06. The summed E-state index contributed by atoms with van der Waals surface area (Å²) in [4.78, 5) is 4.78. The Morgan fingerprint density at radius 2 is 2.04 bits per heavy atom. The van der Waals surface area contributed by atoms with Crippen molar-refractivity contribution in [3.63, 3.8) is 0 Å². The van der Waals surface area contributed by atoms with E-state index in [1.54, 1.807) is 34.5 Å². The molecule has 2 aromatic heterocycles. The van der Waals surface area contributed by atoms with Gasteiger partial charge in [0, 0.05) is 29.9 Å². The number of nitrogens with zero attached hydrogens (tertiary/aromatic N) is 2. The molecule has 0 N–H and O–H groups in total. The van der Waals surface area contributed by atoms with Crippen LogP contribution >= 0.6 is 11.8 Å². The summed E-state index contributed by atoms with van der Waals surface area (Å²) < 4.78 is 33.7. The van der Waals surface area contributed by atoms with Crippen LogP contribution in [0.25, 0.3) is 10.9 Å². The van der Waals surface area contributed by atoms with E-state index in [1.807, 2.05) is 37.3 Å².